The van der Waals surface area contributed by atoms with Crippen LogP contribution in [0.1, 0.15) is 95.7 Å². The summed E-state index contributed by atoms with van der Waals surface area (Å²) in [5.74, 6) is -14.1. The molecule has 4 aliphatic rings. The number of halogens is 4. The van der Waals surface area contributed by atoms with Crippen molar-refractivity contribution in [1.29, 1.82) is 0 Å². The lowest BCUT2D eigenvalue weighted by atomic mass is 9.70. The fourth-order valence-corrected chi connectivity index (χ4v) is 15.1. The molecule has 0 bridgehead atoms. The maximum absolute atomic E-state index is 16.1. The first-order valence-electron chi connectivity index (χ1n) is 26.0. The van der Waals surface area contributed by atoms with Crippen LogP contribution in [0, 0.1) is 23.3 Å². The fourth-order valence-electron chi connectivity index (χ4n) is 11.1. The number of carbonyl (C=O) groups is 8. The largest absolute Gasteiger partial charge is 0.459 e. The van der Waals surface area contributed by atoms with E-state index >= 15 is 19.2 Å². The third-order valence-corrected chi connectivity index (χ3v) is 18.8. The van der Waals surface area contributed by atoms with Crippen LogP contribution in [0.5, 0.6) is 0 Å². The third kappa shape index (κ3) is 8.75. The Morgan fingerprint density at radius 1 is 0.365 bits per heavy atom. The fraction of sp³-hybridized carbons (Fsp3) is 0.0909. The standard InChI is InChI=1S/C66H36F4O12S3/c67-47-25-39-40(26-48(47)68)54(72)43(53(39)71)21-37-23-45-57(83-37)59-51(65(45,61(75)79-29-33-13-5-1-6-14-33)62(76)80-30-34-15-7-2-8-16-34)52-60(85-59)58-46(24-38(84-58)22-44-55(73)41-27-49(69)50(70)28-42(41)56(44)74)66(52,63(77)81-31-35-17-9-3-10-18-35)64(78)82-32-36-19-11-4-12-20-36/h1-28H,29-32H2. The zero-order chi connectivity index (χ0) is 59.1. The Morgan fingerprint density at radius 2 is 0.624 bits per heavy atom. The number of benzene rings is 6. The van der Waals surface area contributed by atoms with E-state index in [-0.39, 0.29) is 73.8 Å². The van der Waals surface area contributed by atoms with E-state index in [1.54, 1.807) is 121 Å². The van der Waals surface area contributed by atoms with Crippen LogP contribution >= 0.6 is 34.0 Å². The number of Topliss-reactive ketones (excluding diaryl/α,β-unsaturated/α-hetero) is 4. The van der Waals surface area contributed by atoms with Gasteiger partial charge in [0.25, 0.3) is 0 Å². The van der Waals surface area contributed by atoms with Crippen LogP contribution in [0.2, 0.25) is 0 Å². The lowest BCUT2D eigenvalue weighted by molar-refractivity contribution is -0.167. The molecule has 0 amide bonds. The quantitative estimate of drug-likeness (QED) is 0.0252. The molecule has 0 atom stereocenters. The lowest BCUT2D eigenvalue weighted by Crippen LogP contribution is -2.50. The number of carbonyl (C=O) groups excluding carboxylic acids is 8. The van der Waals surface area contributed by atoms with Crippen molar-refractivity contribution in [2.45, 2.75) is 37.3 Å². The molecule has 12 nitrogen and oxygen atoms in total. The van der Waals surface area contributed by atoms with Gasteiger partial charge in [0.2, 0.25) is 10.8 Å². The van der Waals surface area contributed by atoms with Crippen molar-refractivity contribution >= 4 is 93.2 Å². The lowest BCUT2D eigenvalue weighted by Gasteiger charge is -2.32. The molecule has 6 aromatic carbocycles. The minimum absolute atomic E-state index is 0.0962. The maximum atomic E-state index is 16.1. The van der Waals surface area contributed by atoms with E-state index in [2.05, 4.69) is 0 Å². The first-order chi connectivity index (χ1) is 41.1. The van der Waals surface area contributed by atoms with Crippen molar-refractivity contribution in [3.63, 3.8) is 0 Å². The number of esters is 4. The van der Waals surface area contributed by atoms with Gasteiger partial charge >= 0.3 is 23.9 Å². The molecule has 13 rings (SSSR count). The van der Waals surface area contributed by atoms with Crippen LogP contribution in [-0.2, 0) is 75.4 Å². The zero-order valence-electron chi connectivity index (χ0n) is 43.6. The number of hydrogen-bond acceptors (Lipinski definition) is 15. The number of fused-ring (bicyclic) bond motifs is 9. The summed E-state index contributed by atoms with van der Waals surface area (Å²) in [6.07, 6.45) is 2.35. The molecular formula is C66H36F4O12S3. The van der Waals surface area contributed by atoms with Crippen LogP contribution in [0.4, 0.5) is 17.6 Å². The van der Waals surface area contributed by atoms with E-state index in [4.69, 9.17) is 18.9 Å². The Morgan fingerprint density at radius 3 is 0.882 bits per heavy atom. The Bertz CT molecular complexity index is 3990. The SMILES string of the molecule is O=C1C(=Cc2cc3c(s2)-c2sc4c(c2C3(C(=O)OCc2ccccc2)C(=O)OCc2ccccc2)C(C(=O)OCc2ccccc2)(C(=O)OCc2ccccc2)c2cc(C=C3C(=O)c5cc(F)c(F)cc5C3=O)sc2-4)C(=O)c2cc(F)c(F)cc21. The smallest absolute Gasteiger partial charge is 0.333 e. The van der Waals surface area contributed by atoms with Crippen LogP contribution in [0.15, 0.2) is 169 Å². The molecule has 3 heterocycles. The second-order valence-electron chi connectivity index (χ2n) is 20.1. The third-order valence-electron chi connectivity index (χ3n) is 15.1. The molecule has 4 aliphatic carbocycles. The number of hydrogen-bond donors (Lipinski definition) is 0. The van der Waals surface area contributed by atoms with Gasteiger partial charge in [-0.1, -0.05) is 121 Å². The molecule has 9 aromatic rings. The molecule has 0 saturated heterocycles. The van der Waals surface area contributed by atoms with Crippen molar-refractivity contribution in [1.82, 2.24) is 0 Å². The molecule has 3 aromatic heterocycles. The van der Waals surface area contributed by atoms with Crippen LogP contribution in [0.25, 0.3) is 31.7 Å². The topological polar surface area (TPSA) is 173 Å². The number of rotatable bonds is 14. The highest BCUT2D eigenvalue weighted by atomic mass is 32.1. The molecule has 0 N–H and O–H groups in total. The summed E-state index contributed by atoms with van der Waals surface area (Å²) in [5.41, 5.74) is -6.78. The summed E-state index contributed by atoms with van der Waals surface area (Å²) in [7, 11) is 0. The number of ketones is 4. The summed E-state index contributed by atoms with van der Waals surface area (Å²) in [6.45, 7) is -1.69. The first kappa shape index (κ1) is 54.4. The van der Waals surface area contributed by atoms with E-state index < -0.39 is 119 Å². The van der Waals surface area contributed by atoms with Crippen molar-refractivity contribution < 1.29 is 74.9 Å². The minimum atomic E-state index is -2.78. The van der Waals surface area contributed by atoms with E-state index in [0.717, 1.165) is 34.0 Å². The van der Waals surface area contributed by atoms with Gasteiger partial charge in [0.1, 0.15) is 26.4 Å². The number of allylic oxidation sites excluding steroid dienone is 2. The first-order valence-corrected chi connectivity index (χ1v) is 28.5. The van der Waals surface area contributed by atoms with Crippen LogP contribution in [0.3, 0.4) is 0 Å². The highest BCUT2D eigenvalue weighted by molar-refractivity contribution is 7.28. The summed E-state index contributed by atoms with van der Waals surface area (Å²) >= 11 is 2.74. The average Bonchev–Trinajstić information content (AvgIpc) is 1.50. The monoisotopic (exact) mass is 1190 g/mol. The van der Waals surface area contributed by atoms with Gasteiger partial charge in [-0.15, -0.1) is 34.0 Å². The average molecular weight is 1190 g/mol. The van der Waals surface area contributed by atoms with Gasteiger partial charge in [-0.2, -0.15) is 0 Å². The molecule has 0 aliphatic heterocycles. The Labute approximate surface area is 490 Å². The van der Waals surface area contributed by atoms with Crippen molar-refractivity contribution in [2.75, 3.05) is 0 Å². The molecule has 0 saturated carbocycles. The highest BCUT2D eigenvalue weighted by Crippen LogP contribution is 2.68. The zero-order valence-corrected chi connectivity index (χ0v) is 46.1. The number of ether oxygens (including phenoxy) is 4. The highest BCUT2D eigenvalue weighted by Gasteiger charge is 2.69. The second-order valence-corrected chi connectivity index (χ2v) is 23.3. The Balaban J connectivity index is 1.07. The Kier molecular flexibility index (Phi) is 13.5. The van der Waals surface area contributed by atoms with Gasteiger partial charge in [0.05, 0.1) is 30.7 Å². The van der Waals surface area contributed by atoms with Crippen LogP contribution in [-0.4, -0.2) is 47.0 Å². The minimum Gasteiger partial charge on any atom is -0.459 e. The van der Waals surface area contributed by atoms with Gasteiger partial charge in [-0.3, -0.25) is 38.4 Å². The van der Waals surface area contributed by atoms with Gasteiger partial charge in [-0.05, 0) is 70.8 Å². The molecule has 0 radical (unpaired) electrons. The van der Waals surface area contributed by atoms with E-state index in [1.807, 2.05) is 0 Å². The van der Waals surface area contributed by atoms with E-state index in [1.165, 1.54) is 24.3 Å². The Hall–Kier alpha value is -9.82. The summed E-state index contributed by atoms with van der Waals surface area (Å²) in [4.78, 5) is 121. The molecule has 85 heavy (non-hydrogen) atoms. The molecule has 418 valence electrons. The molecular weight excluding hydrogens is 1160 g/mol. The molecule has 19 heteroatoms. The van der Waals surface area contributed by atoms with Crippen LogP contribution < -0.4 is 0 Å². The molecule has 0 fully saturated rings. The molecule has 0 unspecified atom stereocenters. The molecule has 0 spiro atoms. The van der Waals surface area contributed by atoms with E-state index in [9.17, 15) is 36.7 Å². The second kappa shape index (κ2) is 21.1. The van der Waals surface area contributed by atoms with Crippen molar-refractivity contribution in [2.24, 2.45) is 0 Å². The van der Waals surface area contributed by atoms with Gasteiger partial charge in [0, 0.05) is 54.3 Å². The van der Waals surface area contributed by atoms with Gasteiger partial charge in [0.15, 0.2) is 46.4 Å². The summed E-state index contributed by atoms with van der Waals surface area (Å²) < 4.78 is 83.1. The number of thiophene rings is 3. The maximum Gasteiger partial charge on any atom is 0.333 e. The van der Waals surface area contributed by atoms with Crippen molar-refractivity contribution in [3.8, 4) is 19.5 Å². The van der Waals surface area contributed by atoms with Crippen molar-refractivity contribution in [3.05, 3.63) is 269 Å². The van der Waals surface area contributed by atoms with E-state index in [0.29, 0.717) is 46.5 Å². The summed E-state index contributed by atoms with van der Waals surface area (Å²) in [6, 6.07) is 39.2. The normalized spacial score (nSPS) is 14.5. The summed E-state index contributed by atoms with van der Waals surface area (Å²) in [5, 5.41) is 0. The predicted octanol–water partition coefficient (Wildman–Crippen LogP) is 12.9. The van der Waals surface area contributed by atoms with Gasteiger partial charge < -0.3 is 18.9 Å². The van der Waals surface area contributed by atoms with Gasteiger partial charge in [-0.25, -0.2) is 17.6 Å². The predicted molar refractivity (Wildman–Crippen MR) is 303 cm³/mol.